The molecule has 2 amide bonds. The number of benzene rings is 3. The topological polar surface area (TPSA) is 83.7 Å². The normalized spacial score (nSPS) is 14.6. The van der Waals surface area contributed by atoms with Crippen molar-refractivity contribution in [3.8, 4) is 11.5 Å². The number of nitrogens with one attached hydrogen (secondary N) is 2. The highest BCUT2D eigenvalue weighted by molar-refractivity contribution is 6.01. The summed E-state index contributed by atoms with van der Waals surface area (Å²) < 4.78 is 10.6. The summed E-state index contributed by atoms with van der Waals surface area (Å²) in [6, 6.07) is 21.4. The van der Waals surface area contributed by atoms with Crippen molar-refractivity contribution in [2.45, 2.75) is 25.8 Å². The zero-order chi connectivity index (χ0) is 25.9. The molecule has 190 valence electrons. The van der Waals surface area contributed by atoms with Gasteiger partial charge in [0.25, 0.3) is 5.91 Å². The van der Waals surface area contributed by atoms with Gasteiger partial charge in [-0.3, -0.25) is 9.59 Å². The first kappa shape index (κ1) is 24.4. The largest absolute Gasteiger partial charge is 0.493 e. The summed E-state index contributed by atoms with van der Waals surface area (Å²) in [6.45, 7) is 2.87. The van der Waals surface area contributed by atoms with Crippen LogP contribution in [0.1, 0.15) is 45.2 Å². The lowest BCUT2D eigenvalue weighted by Gasteiger charge is -2.26. The molecule has 1 aliphatic heterocycles. The molecule has 0 spiro atoms. The summed E-state index contributed by atoms with van der Waals surface area (Å²) in [7, 11) is 3.21. The molecule has 7 heteroatoms. The number of aryl methyl sites for hydroxylation is 1. The van der Waals surface area contributed by atoms with Gasteiger partial charge in [-0.1, -0.05) is 42.5 Å². The maximum atomic E-state index is 13.4. The predicted molar refractivity (Wildman–Crippen MR) is 143 cm³/mol. The van der Waals surface area contributed by atoms with Gasteiger partial charge in [0.2, 0.25) is 5.91 Å². The van der Waals surface area contributed by atoms with Crippen LogP contribution in [-0.2, 0) is 11.2 Å². The van der Waals surface area contributed by atoms with Crippen molar-refractivity contribution in [3.63, 3.8) is 0 Å². The van der Waals surface area contributed by atoms with E-state index in [9.17, 15) is 9.59 Å². The minimum Gasteiger partial charge on any atom is -0.493 e. The third-order valence-corrected chi connectivity index (χ3v) is 7.04. The number of aromatic nitrogens is 1. The summed E-state index contributed by atoms with van der Waals surface area (Å²) in [4.78, 5) is 31.5. The molecule has 2 N–H and O–H groups in total. The Morgan fingerprint density at radius 1 is 1.00 bits per heavy atom. The first-order chi connectivity index (χ1) is 18.0. The summed E-state index contributed by atoms with van der Waals surface area (Å²) in [5.41, 5.74) is 5.88. The van der Waals surface area contributed by atoms with Crippen LogP contribution in [-0.4, -0.2) is 49.0 Å². The van der Waals surface area contributed by atoms with E-state index in [1.165, 1.54) is 0 Å². The number of rotatable bonds is 9. The highest BCUT2D eigenvalue weighted by Crippen LogP contribution is 2.42. The third-order valence-electron chi connectivity index (χ3n) is 7.04. The Labute approximate surface area is 216 Å². The van der Waals surface area contributed by atoms with Crippen molar-refractivity contribution in [1.29, 1.82) is 0 Å². The number of nitrogens with zero attached hydrogens (tertiary/aromatic N) is 1. The summed E-state index contributed by atoms with van der Waals surface area (Å²) in [5, 5.41) is 4.09. The quantitative estimate of drug-likeness (QED) is 0.348. The van der Waals surface area contributed by atoms with Crippen LogP contribution in [0.2, 0.25) is 0 Å². The molecule has 2 heterocycles. The van der Waals surface area contributed by atoms with Gasteiger partial charge in [-0.05, 0) is 48.7 Å². The van der Waals surface area contributed by atoms with Gasteiger partial charge in [-0.2, -0.15) is 0 Å². The summed E-state index contributed by atoms with van der Waals surface area (Å²) in [5.74, 6) is 1.21. The van der Waals surface area contributed by atoms with Crippen LogP contribution in [0.25, 0.3) is 10.9 Å². The third kappa shape index (κ3) is 4.65. The molecule has 5 rings (SSSR count). The van der Waals surface area contributed by atoms with E-state index in [1.54, 1.807) is 14.2 Å². The number of hydrogen-bond donors (Lipinski definition) is 2. The fourth-order valence-corrected chi connectivity index (χ4v) is 5.26. The Hall–Kier alpha value is -4.26. The van der Waals surface area contributed by atoms with Crippen LogP contribution in [0.3, 0.4) is 0 Å². The number of H-pyrrole nitrogens is 1. The van der Waals surface area contributed by atoms with Gasteiger partial charge >= 0.3 is 0 Å². The lowest BCUT2D eigenvalue weighted by atomic mass is 9.95. The predicted octanol–water partition coefficient (Wildman–Crippen LogP) is 4.79. The average molecular weight is 498 g/mol. The molecule has 7 nitrogen and oxygen atoms in total. The highest BCUT2D eigenvalue weighted by atomic mass is 16.5. The minimum atomic E-state index is -0.237. The molecule has 0 aliphatic carbocycles. The van der Waals surface area contributed by atoms with Crippen LogP contribution in [0.5, 0.6) is 11.5 Å². The number of fused-ring (bicyclic) bond motifs is 2. The molecule has 0 fully saturated rings. The van der Waals surface area contributed by atoms with E-state index in [0.717, 1.165) is 33.3 Å². The van der Waals surface area contributed by atoms with E-state index in [1.807, 2.05) is 72.5 Å². The second-order valence-electron chi connectivity index (χ2n) is 9.24. The van der Waals surface area contributed by atoms with E-state index < -0.39 is 0 Å². The number of para-hydroxylation sites is 1. The highest BCUT2D eigenvalue weighted by Gasteiger charge is 2.39. The molecular weight excluding hydrogens is 466 g/mol. The minimum absolute atomic E-state index is 0.0385. The van der Waals surface area contributed by atoms with E-state index in [4.69, 9.17) is 9.47 Å². The van der Waals surface area contributed by atoms with E-state index in [-0.39, 0.29) is 24.3 Å². The van der Waals surface area contributed by atoms with Gasteiger partial charge in [-0.15, -0.1) is 0 Å². The van der Waals surface area contributed by atoms with Gasteiger partial charge in [0.15, 0.2) is 11.5 Å². The van der Waals surface area contributed by atoms with Gasteiger partial charge in [-0.25, -0.2) is 0 Å². The molecule has 1 atom stereocenters. The van der Waals surface area contributed by atoms with Crippen LogP contribution in [0.15, 0.2) is 66.7 Å². The number of aromatic amines is 1. The van der Waals surface area contributed by atoms with E-state index >= 15 is 0 Å². The zero-order valence-corrected chi connectivity index (χ0v) is 21.3. The number of hydrogen-bond acceptors (Lipinski definition) is 4. The molecule has 3 aromatic carbocycles. The van der Waals surface area contributed by atoms with Crippen molar-refractivity contribution in [3.05, 3.63) is 94.7 Å². The number of carbonyl (C=O) groups excluding carboxylic acids is 2. The van der Waals surface area contributed by atoms with Gasteiger partial charge < -0.3 is 24.7 Å². The Morgan fingerprint density at radius 3 is 2.57 bits per heavy atom. The number of amides is 2. The fraction of sp³-hybridized carbons (Fsp3) is 0.267. The van der Waals surface area contributed by atoms with Crippen molar-refractivity contribution in [2.75, 3.05) is 27.3 Å². The van der Waals surface area contributed by atoms with Gasteiger partial charge in [0, 0.05) is 47.2 Å². The monoisotopic (exact) mass is 497 g/mol. The Kier molecular flexibility index (Phi) is 6.86. The molecular formula is C30H31N3O4. The van der Waals surface area contributed by atoms with Crippen LogP contribution in [0, 0.1) is 6.92 Å². The van der Waals surface area contributed by atoms with Crippen LogP contribution < -0.4 is 14.8 Å². The first-order valence-corrected chi connectivity index (χ1v) is 12.5. The SMILES string of the molecule is COc1ccc(CCNC(=O)CCN2C(=O)c3ccccc3C2c2c(C)[nH]c3ccccc23)cc1OC. The van der Waals surface area contributed by atoms with Crippen molar-refractivity contribution in [1.82, 2.24) is 15.2 Å². The number of methoxy groups -OCH3 is 2. The molecule has 1 unspecified atom stereocenters. The second kappa shape index (κ2) is 10.4. The Bertz CT molecular complexity index is 1460. The fourth-order valence-electron chi connectivity index (χ4n) is 5.26. The van der Waals surface area contributed by atoms with Crippen LogP contribution >= 0.6 is 0 Å². The molecule has 0 radical (unpaired) electrons. The molecule has 0 saturated carbocycles. The Morgan fingerprint density at radius 2 is 1.76 bits per heavy atom. The molecule has 37 heavy (non-hydrogen) atoms. The maximum absolute atomic E-state index is 13.4. The lowest BCUT2D eigenvalue weighted by Crippen LogP contribution is -2.34. The van der Waals surface area contributed by atoms with Gasteiger partial charge in [0.1, 0.15) is 0 Å². The molecule has 0 bridgehead atoms. The molecule has 0 saturated heterocycles. The molecule has 4 aromatic rings. The van der Waals surface area contributed by atoms with E-state index in [2.05, 4.69) is 16.4 Å². The van der Waals surface area contributed by atoms with Crippen molar-refractivity contribution >= 4 is 22.7 Å². The average Bonchev–Trinajstić information content (AvgIpc) is 3.39. The second-order valence-corrected chi connectivity index (χ2v) is 9.24. The van der Waals surface area contributed by atoms with Gasteiger partial charge in [0.05, 0.1) is 20.3 Å². The van der Waals surface area contributed by atoms with Crippen molar-refractivity contribution in [2.24, 2.45) is 0 Å². The standard InChI is InChI=1S/C30H31N3O4/c1-19-28(23-10-6-7-11-24(23)32-19)29-21-8-4-5-9-22(21)30(35)33(29)17-15-27(34)31-16-14-20-12-13-25(36-2)26(18-20)37-3/h4-13,18,29,32H,14-17H2,1-3H3,(H,31,34). The Balaban J connectivity index is 1.29. The molecule has 1 aliphatic rings. The first-order valence-electron chi connectivity index (χ1n) is 12.5. The maximum Gasteiger partial charge on any atom is 0.255 e. The lowest BCUT2D eigenvalue weighted by molar-refractivity contribution is -0.121. The summed E-state index contributed by atoms with van der Waals surface area (Å²) >= 11 is 0. The zero-order valence-electron chi connectivity index (χ0n) is 21.3. The smallest absolute Gasteiger partial charge is 0.255 e. The van der Waals surface area contributed by atoms with Crippen molar-refractivity contribution < 1.29 is 19.1 Å². The summed E-state index contributed by atoms with van der Waals surface area (Å²) in [6.07, 6.45) is 0.890. The van der Waals surface area contributed by atoms with Crippen LogP contribution in [0.4, 0.5) is 0 Å². The molecule has 1 aromatic heterocycles. The van der Waals surface area contributed by atoms with E-state index in [0.29, 0.717) is 36.6 Å². The number of carbonyl (C=O) groups is 2. The number of ether oxygens (including phenoxy) is 2.